The molecule has 1 saturated carbocycles. The van der Waals surface area contributed by atoms with Gasteiger partial charge in [0.25, 0.3) is 0 Å². The van der Waals surface area contributed by atoms with Crippen LogP contribution < -0.4 is 0 Å². The number of carboxylic acid groups (broad SMARTS) is 1. The number of carboxylic acids is 1. The second-order valence-electron chi connectivity index (χ2n) is 3.28. The van der Waals surface area contributed by atoms with Gasteiger partial charge in [0.15, 0.2) is 5.16 Å². The van der Waals surface area contributed by atoms with Gasteiger partial charge in [-0.15, -0.1) is 0 Å². The van der Waals surface area contributed by atoms with Gasteiger partial charge in [0.2, 0.25) is 0 Å². The molecule has 0 radical (unpaired) electrons. The van der Waals surface area contributed by atoms with Crippen LogP contribution in [0.2, 0.25) is 0 Å². The quantitative estimate of drug-likeness (QED) is 0.405. The summed E-state index contributed by atoms with van der Waals surface area (Å²) in [5.41, 5.74) is 0. The van der Waals surface area contributed by atoms with E-state index in [9.17, 15) is 9.36 Å². The molecule has 0 bridgehead atoms. The zero-order chi connectivity index (χ0) is 10.3. The first-order valence-corrected chi connectivity index (χ1v) is 5.89. The minimum Gasteiger partial charge on any atom is -0.480 e. The number of rotatable bonds is 2. The maximum Gasteiger partial charge on any atom is 0.342 e. The Morgan fingerprint density at radius 3 is 2.23 bits per heavy atom. The highest BCUT2D eigenvalue weighted by atomic mass is 32.1. The Balaban J connectivity index is 3.04. The molecule has 5 nitrogen and oxygen atoms in total. The minimum absolute atomic E-state index is 0.000772. The molecular formula is C6H11O5PS. The van der Waals surface area contributed by atoms with Gasteiger partial charge >= 0.3 is 13.6 Å². The van der Waals surface area contributed by atoms with Gasteiger partial charge in [-0.05, 0) is 19.3 Å². The maximum atomic E-state index is 11.0. The van der Waals surface area contributed by atoms with E-state index in [0.717, 1.165) is 0 Å². The molecule has 0 saturated heterocycles. The fraction of sp³-hybridized carbons (Fsp3) is 0.833. The Morgan fingerprint density at radius 2 is 2.08 bits per heavy atom. The van der Waals surface area contributed by atoms with Crippen molar-refractivity contribution in [2.24, 2.45) is 0 Å². The first-order chi connectivity index (χ1) is 5.79. The van der Waals surface area contributed by atoms with Crippen LogP contribution in [-0.2, 0) is 9.36 Å². The van der Waals surface area contributed by atoms with Crippen LogP contribution in [0.3, 0.4) is 0 Å². The highest BCUT2D eigenvalue weighted by molar-refractivity contribution is 7.81. The summed E-state index contributed by atoms with van der Waals surface area (Å²) in [4.78, 5) is 28.7. The van der Waals surface area contributed by atoms with Gasteiger partial charge in [0.05, 0.1) is 0 Å². The van der Waals surface area contributed by atoms with E-state index in [0.29, 0.717) is 6.42 Å². The molecule has 76 valence electrons. The van der Waals surface area contributed by atoms with Crippen molar-refractivity contribution < 1.29 is 24.3 Å². The maximum absolute atomic E-state index is 11.0. The Hall–Kier alpha value is -0.0300. The van der Waals surface area contributed by atoms with Crippen LogP contribution in [-0.4, -0.2) is 31.3 Å². The van der Waals surface area contributed by atoms with Gasteiger partial charge in [-0.25, -0.2) is 0 Å². The first kappa shape index (κ1) is 11.0. The van der Waals surface area contributed by atoms with Crippen molar-refractivity contribution in [3.8, 4) is 0 Å². The predicted octanol–water partition coefficient (Wildman–Crippen LogP) is 0.470. The smallest absolute Gasteiger partial charge is 0.342 e. The third-order valence-corrected chi connectivity index (χ3v) is 4.57. The standard InChI is InChI=1S/C6H11O5PS/c7-5(8)6(12(9,10)11)2-1-4(13)3-6/h4,13H,1-3H2,(H,7,8)(H2,9,10,11). The average Bonchev–Trinajstić information content (AvgIpc) is 2.30. The van der Waals surface area contributed by atoms with Crippen LogP contribution in [0.25, 0.3) is 0 Å². The van der Waals surface area contributed by atoms with Gasteiger partial charge in [-0.3, -0.25) is 9.36 Å². The van der Waals surface area contributed by atoms with Crippen LogP contribution in [0, 0.1) is 0 Å². The summed E-state index contributed by atoms with van der Waals surface area (Å²) >= 11 is 4.03. The van der Waals surface area contributed by atoms with Crippen LogP contribution in [0.4, 0.5) is 0 Å². The van der Waals surface area contributed by atoms with Crippen molar-refractivity contribution in [2.45, 2.75) is 29.7 Å². The van der Waals surface area contributed by atoms with Gasteiger partial charge in [-0.1, -0.05) is 0 Å². The van der Waals surface area contributed by atoms with E-state index in [2.05, 4.69) is 12.6 Å². The van der Waals surface area contributed by atoms with Crippen molar-refractivity contribution in [1.82, 2.24) is 0 Å². The minimum atomic E-state index is -4.59. The number of hydrogen-bond acceptors (Lipinski definition) is 3. The summed E-state index contributed by atoms with van der Waals surface area (Å²) in [7, 11) is -4.59. The molecule has 13 heavy (non-hydrogen) atoms. The molecule has 7 heteroatoms. The summed E-state index contributed by atoms with van der Waals surface area (Å²) in [6.07, 6.45) is 0.372. The van der Waals surface area contributed by atoms with E-state index in [1.165, 1.54) is 0 Å². The van der Waals surface area contributed by atoms with E-state index in [1.54, 1.807) is 0 Å². The van der Waals surface area contributed by atoms with Crippen LogP contribution in [0.1, 0.15) is 19.3 Å². The van der Waals surface area contributed by atoms with Crippen LogP contribution in [0.5, 0.6) is 0 Å². The third-order valence-electron chi connectivity index (χ3n) is 2.42. The number of thiol groups is 1. The molecule has 0 heterocycles. The monoisotopic (exact) mass is 226 g/mol. The average molecular weight is 226 g/mol. The van der Waals surface area contributed by atoms with Crippen LogP contribution >= 0.6 is 20.2 Å². The molecule has 0 spiro atoms. The van der Waals surface area contributed by atoms with Crippen molar-refractivity contribution in [1.29, 1.82) is 0 Å². The lowest BCUT2D eigenvalue weighted by Gasteiger charge is -2.24. The normalized spacial score (nSPS) is 34.8. The van der Waals surface area contributed by atoms with E-state index < -0.39 is 18.7 Å². The molecule has 0 amide bonds. The lowest BCUT2D eigenvalue weighted by Crippen LogP contribution is -2.35. The molecule has 1 fully saturated rings. The molecule has 2 unspecified atom stereocenters. The fourth-order valence-corrected chi connectivity index (χ4v) is 3.30. The first-order valence-electron chi connectivity index (χ1n) is 3.77. The second-order valence-corrected chi connectivity index (χ2v) is 5.95. The molecule has 1 aliphatic rings. The predicted molar refractivity (Wildman–Crippen MR) is 49.0 cm³/mol. The third kappa shape index (κ3) is 1.76. The van der Waals surface area contributed by atoms with E-state index in [-0.39, 0.29) is 18.1 Å². The molecular weight excluding hydrogens is 215 g/mol. The Bertz CT molecular complexity index is 274. The van der Waals surface area contributed by atoms with Crippen molar-refractivity contribution >= 4 is 26.2 Å². The zero-order valence-corrected chi connectivity index (χ0v) is 8.54. The van der Waals surface area contributed by atoms with Gasteiger partial charge < -0.3 is 14.9 Å². The number of hydrogen-bond donors (Lipinski definition) is 4. The fourth-order valence-electron chi connectivity index (χ4n) is 1.58. The molecule has 3 N–H and O–H groups in total. The van der Waals surface area contributed by atoms with E-state index >= 15 is 0 Å². The van der Waals surface area contributed by atoms with Gasteiger partial charge in [0.1, 0.15) is 0 Å². The number of aliphatic carboxylic acids is 1. The second kappa shape index (κ2) is 3.28. The highest BCUT2D eigenvalue weighted by Gasteiger charge is 2.57. The summed E-state index contributed by atoms with van der Waals surface area (Å²) in [6.45, 7) is 0. The molecule has 0 aromatic carbocycles. The molecule has 0 aliphatic heterocycles. The van der Waals surface area contributed by atoms with E-state index in [4.69, 9.17) is 14.9 Å². The van der Waals surface area contributed by atoms with Crippen molar-refractivity contribution in [3.63, 3.8) is 0 Å². The molecule has 0 aromatic rings. The largest absolute Gasteiger partial charge is 0.480 e. The summed E-state index contributed by atoms with van der Waals surface area (Å²) in [5, 5.41) is 6.67. The highest BCUT2D eigenvalue weighted by Crippen LogP contribution is 2.59. The molecule has 2 atom stereocenters. The topological polar surface area (TPSA) is 94.8 Å². The lowest BCUT2D eigenvalue weighted by atomic mass is 10.1. The Labute approximate surface area is 80.7 Å². The van der Waals surface area contributed by atoms with Gasteiger partial charge in [-0.2, -0.15) is 12.6 Å². The SMILES string of the molecule is O=C(O)C1(P(=O)(O)O)CCC(S)C1. The summed E-state index contributed by atoms with van der Waals surface area (Å²) in [5.74, 6) is -1.42. The van der Waals surface area contributed by atoms with Gasteiger partial charge in [0, 0.05) is 5.25 Å². The Kier molecular flexibility index (Phi) is 2.78. The lowest BCUT2D eigenvalue weighted by molar-refractivity contribution is -0.140. The molecule has 0 aromatic heterocycles. The number of carbonyl (C=O) groups is 1. The van der Waals surface area contributed by atoms with Crippen LogP contribution in [0.15, 0.2) is 0 Å². The van der Waals surface area contributed by atoms with Crippen molar-refractivity contribution in [3.05, 3.63) is 0 Å². The molecule has 1 rings (SSSR count). The van der Waals surface area contributed by atoms with Crippen molar-refractivity contribution in [2.75, 3.05) is 0 Å². The van der Waals surface area contributed by atoms with E-state index in [1.807, 2.05) is 0 Å². The Morgan fingerprint density at radius 1 is 1.54 bits per heavy atom. The summed E-state index contributed by atoms with van der Waals surface area (Å²) in [6, 6.07) is 0. The molecule has 1 aliphatic carbocycles. The zero-order valence-electron chi connectivity index (χ0n) is 6.75. The summed E-state index contributed by atoms with van der Waals surface area (Å²) < 4.78 is 11.0.